The second kappa shape index (κ2) is 4.99. The van der Waals surface area contributed by atoms with Crippen LogP contribution in [0.25, 0.3) is 0 Å². The van der Waals surface area contributed by atoms with Gasteiger partial charge in [-0.3, -0.25) is 14.4 Å². The molecule has 5 unspecified atom stereocenters. The Balaban J connectivity index is 1.89. The summed E-state index contributed by atoms with van der Waals surface area (Å²) in [5.74, 6) is -2.65. The molecule has 0 heterocycles. The first kappa shape index (κ1) is 15.5. The van der Waals surface area contributed by atoms with Gasteiger partial charge in [0.25, 0.3) is 0 Å². The number of rotatable bonds is 3. The molecular formula is C19H20O5. The summed E-state index contributed by atoms with van der Waals surface area (Å²) in [6, 6.07) is 9.08. The first-order valence-electron chi connectivity index (χ1n) is 8.47. The number of carbonyl (C=O) groups excluding carboxylic acids is 3. The lowest BCUT2D eigenvalue weighted by Gasteiger charge is -2.30. The second-order valence-corrected chi connectivity index (χ2v) is 7.20. The van der Waals surface area contributed by atoms with Gasteiger partial charge in [-0.05, 0) is 24.8 Å². The summed E-state index contributed by atoms with van der Waals surface area (Å²) in [5, 5.41) is 11.5. The SMILES string of the molecule is CCOC(=O)C12C(=O)CC3CC(=O)C1C2C(O)(c1ccccc1)C3. The van der Waals surface area contributed by atoms with Crippen molar-refractivity contribution < 1.29 is 24.2 Å². The number of ether oxygens (including phenoxy) is 1. The van der Waals surface area contributed by atoms with E-state index in [1.165, 1.54) is 0 Å². The molecule has 1 aromatic carbocycles. The third-order valence-electron chi connectivity index (χ3n) is 5.98. The van der Waals surface area contributed by atoms with Crippen LogP contribution in [0.5, 0.6) is 0 Å². The molecular weight excluding hydrogens is 308 g/mol. The van der Waals surface area contributed by atoms with Crippen molar-refractivity contribution in [3.05, 3.63) is 35.9 Å². The fraction of sp³-hybridized carbons (Fsp3) is 0.526. The number of Topliss-reactive ketones (excluding diaryl/α,β-unsaturated/α-hetero) is 2. The van der Waals surface area contributed by atoms with Gasteiger partial charge in [-0.2, -0.15) is 0 Å². The lowest BCUT2D eigenvalue weighted by Crippen LogP contribution is -2.36. The molecule has 4 saturated carbocycles. The Kier molecular flexibility index (Phi) is 3.23. The predicted molar refractivity (Wildman–Crippen MR) is 83.7 cm³/mol. The first-order chi connectivity index (χ1) is 11.5. The van der Waals surface area contributed by atoms with Crippen LogP contribution in [0, 0.1) is 23.2 Å². The van der Waals surface area contributed by atoms with E-state index in [-0.39, 0.29) is 36.9 Å². The van der Waals surface area contributed by atoms with Crippen molar-refractivity contribution in [3.63, 3.8) is 0 Å². The molecule has 4 aliphatic carbocycles. The molecule has 5 atom stereocenters. The van der Waals surface area contributed by atoms with Crippen LogP contribution < -0.4 is 0 Å². The topological polar surface area (TPSA) is 80.7 Å². The van der Waals surface area contributed by atoms with Crippen LogP contribution >= 0.6 is 0 Å². The fourth-order valence-electron chi connectivity index (χ4n) is 5.10. The molecule has 4 bridgehead atoms. The average Bonchev–Trinajstić information content (AvgIpc) is 3.30. The zero-order valence-electron chi connectivity index (χ0n) is 13.5. The van der Waals surface area contributed by atoms with Gasteiger partial charge in [0.2, 0.25) is 0 Å². The van der Waals surface area contributed by atoms with Crippen molar-refractivity contribution >= 4 is 17.5 Å². The van der Waals surface area contributed by atoms with Gasteiger partial charge < -0.3 is 9.84 Å². The van der Waals surface area contributed by atoms with E-state index >= 15 is 0 Å². The Morgan fingerprint density at radius 3 is 2.62 bits per heavy atom. The average molecular weight is 328 g/mol. The van der Waals surface area contributed by atoms with Gasteiger partial charge in [0.15, 0.2) is 5.78 Å². The van der Waals surface area contributed by atoms with Crippen molar-refractivity contribution in [1.29, 1.82) is 0 Å². The molecule has 1 N–H and O–H groups in total. The molecule has 1 aromatic rings. The van der Waals surface area contributed by atoms with E-state index in [0.717, 1.165) is 0 Å². The highest BCUT2D eigenvalue weighted by atomic mass is 16.5. The maximum absolute atomic E-state index is 12.9. The Morgan fingerprint density at radius 2 is 1.96 bits per heavy atom. The highest BCUT2D eigenvalue weighted by Gasteiger charge is 2.84. The van der Waals surface area contributed by atoms with Crippen LogP contribution in [-0.2, 0) is 24.7 Å². The summed E-state index contributed by atoms with van der Waals surface area (Å²) < 4.78 is 5.16. The van der Waals surface area contributed by atoms with E-state index in [1.807, 2.05) is 18.2 Å². The number of benzene rings is 1. The first-order valence-corrected chi connectivity index (χ1v) is 8.47. The highest BCUT2D eigenvalue weighted by Crippen LogP contribution is 2.72. The molecule has 0 aromatic heterocycles. The maximum Gasteiger partial charge on any atom is 0.320 e. The number of hydrogen-bond acceptors (Lipinski definition) is 5. The number of esters is 1. The second-order valence-electron chi connectivity index (χ2n) is 7.20. The molecule has 0 spiro atoms. The predicted octanol–water partition coefficient (Wildman–Crippen LogP) is 1.62. The Hall–Kier alpha value is -2.01. The molecule has 0 aliphatic heterocycles. The molecule has 24 heavy (non-hydrogen) atoms. The van der Waals surface area contributed by atoms with E-state index in [0.29, 0.717) is 12.0 Å². The van der Waals surface area contributed by atoms with E-state index in [2.05, 4.69) is 0 Å². The van der Waals surface area contributed by atoms with Gasteiger partial charge in [-0.1, -0.05) is 30.3 Å². The number of fused-ring (bicyclic) bond motifs is 3. The minimum absolute atomic E-state index is 0.0873. The van der Waals surface area contributed by atoms with E-state index < -0.39 is 28.8 Å². The third-order valence-corrected chi connectivity index (χ3v) is 5.98. The van der Waals surface area contributed by atoms with Crippen molar-refractivity contribution in [2.75, 3.05) is 6.61 Å². The van der Waals surface area contributed by atoms with Crippen LogP contribution in [0.4, 0.5) is 0 Å². The lowest BCUT2D eigenvalue weighted by molar-refractivity contribution is -0.157. The van der Waals surface area contributed by atoms with Crippen molar-refractivity contribution in [2.24, 2.45) is 23.2 Å². The number of carbonyl (C=O) groups is 3. The van der Waals surface area contributed by atoms with Crippen LogP contribution in [0.15, 0.2) is 30.3 Å². The summed E-state index contributed by atoms with van der Waals surface area (Å²) in [6.07, 6.45) is 0.743. The summed E-state index contributed by atoms with van der Waals surface area (Å²) in [4.78, 5) is 38.2. The smallest absolute Gasteiger partial charge is 0.320 e. The Morgan fingerprint density at radius 1 is 1.25 bits per heavy atom. The van der Waals surface area contributed by atoms with Gasteiger partial charge in [0, 0.05) is 24.7 Å². The van der Waals surface area contributed by atoms with Gasteiger partial charge in [-0.15, -0.1) is 0 Å². The molecule has 4 fully saturated rings. The summed E-state index contributed by atoms with van der Waals surface area (Å²) in [5.41, 5.74) is -2.16. The summed E-state index contributed by atoms with van der Waals surface area (Å²) in [7, 11) is 0. The maximum atomic E-state index is 12.9. The third kappa shape index (κ3) is 1.76. The lowest BCUT2D eigenvalue weighted by atomic mass is 9.80. The summed E-state index contributed by atoms with van der Waals surface area (Å²) >= 11 is 0. The molecule has 0 saturated heterocycles. The standard InChI is InChI=1S/C19H20O5/c1-2-24-17(22)19-14(21)9-11-8-13(20)15(19)16(19)18(23,10-11)12-6-4-3-5-7-12/h3-7,11,15-16,23H,2,8-10H2,1H3. The van der Waals surface area contributed by atoms with Gasteiger partial charge in [0.1, 0.15) is 11.2 Å². The summed E-state index contributed by atoms with van der Waals surface area (Å²) in [6.45, 7) is 1.82. The zero-order valence-corrected chi connectivity index (χ0v) is 13.5. The van der Waals surface area contributed by atoms with Crippen LogP contribution in [0.2, 0.25) is 0 Å². The molecule has 4 aliphatic rings. The Labute approximate surface area is 140 Å². The minimum atomic E-state index is -1.48. The van der Waals surface area contributed by atoms with E-state index in [4.69, 9.17) is 4.74 Å². The molecule has 0 radical (unpaired) electrons. The van der Waals surface area contributed by atoms with Crippen molar-refractivity contribution in [3.8, 4) is 0 Å². The highest BCUT2D eigenvalue weighted by molar-refractivity contribution is 6.15. The van der Waals surface area contributed by atoms with Gasteiger partial charge in [-0.25, -0.2) is 0 Å². The Bertz CT molecular complexity index is 727. The quantitative estimate of drug-likeness (QED) is 0.674. The van der Waals surface area contributed by atoms with Crippen molar-refractivity contribution in [2.45, 2.75) is 31.8 Å². The van der Waals surface area contributed by atoms with E-state index in [9.17, 15) is 19.5 Å². The van der Waals surface area contributed by atoms with Crippen molar-refractivity contribution in [1.82, 2.24) is 0 Å². The van der Waals surface area contributed by atoms with E-state index in [1.54, 1.807) is 19.1 Å². The molecule has 0 amide bonds. The van der Waals surface area contributed by atoms with Gasteiger partial charge >= 0.3 is 5.97 Å². The number of ketones is 2. The number of hydrogen-bond donors (Lipinski definition) is 1. The van der Waals surface area contributed by atoms with Crippen LogP contribution in [0.3, 0.4) is 0 Å². The number of aliphatic hydroxyl groups is 1. The minimum Gasteiger partial charge on any atom is -0.465 e. The molecule has 5 heteroatoms. The monoisotopic (exact) mass is 328 g/mol. The van der Waals surface area contributed by atoms with Gasteiger partial charge in [0.05, 0.1) is 12.2 Å². The largest absolute Gasteiger partial charge is 0.465 e. The van der Waals surface area contributed by atoms with Crippen LogP contribution in [-0.4, -0.2) is 29.2 Å². The molecule has 5 rings (SSSR count). The van der Waals surface area contributed by atoms with Crippen LogP contribution in [0.1, 0.15) is 31.7 Å². The zero-order chi connectivity index (χ0) is 17.1. The molecule has 126 valence electrons. The molecule has 5 nitrogen and oxygen atoms in total. The fourth-order valence-corrected chi connectivity index (χ4v) is 5.10. The normalized spacial score (nSPS) is 40.0.